The summed E-state index contributed by atoms with van der Waals surface area (Å²) in [6, 6.07) is 0. The van der Waals surface area contributed by atoms with Gasteiger partial charge in [0.1, 0.15) is 0 Å². The summed E-state index contributed by atoms with van der Waals surface area (Å²) in [5.74, 6) is 1.69. The molecule has 0 saturated heterocycles. The van der Waals surface area contributed by atoms with E-state index in [4.69, 9.17) is 5.73 Å². The minimum atomic E-state index is -0.591. The third kappa shape index (κ3) is 2.56. The molecule has 1 rings (SSSR count). The van der Waals surface area contributed by atoms with Gasteiger partial charge in [-0.2, -0.15) is 0 Å². The minimum absolute atomic E-state index is 0.398. The molecular weight excluding hydrogens is 158 g/mol. The van der Waals surface area contributed by atoms with Crippen molar-refractivity contribution in [1.29, 1.82) is 0 Å². The third-order valence-corrected chi connectivity index (χ3v) is 4.00. The molecule has 0 aromatic heterocycles. The van der Waals surface area contributed by atoms with Gasteiger partial charge in [0, 0.05) is 22.3 Å². The van der Waals surface area contributed by atoms with Crippen LogP contribution in [0.2, 0.25) is 0 Å². The first-order chi connectivity index (χ1) is 5.22. The van der Waals surface area contributed by atoms with Crippen molar-refractivity contribution in [2.45, 2.75) is 26.2 Å². The number of hydrogen-bond acceptors (Lipinski definition) is 2. The monoisotopic (exact) mass is 175 g/mol. The Morgan fingerprint density at radius 3 is 2.55 bits per heavy atom. The Bertz CT molecular complexity index is 154. The van der Waals surface area contributed by atoms with Crippen molar-refractivity contribution >= 4 is 10.8 Å². The predicted octanol–water partition coefficient (Wildman–Crippen LogP) is 0.884. The summed E-state index contributed by atoms with van der Waals surface area (Å²) in [7, 11) is -0.591. The highest BCUT2D eigenvalue weighted by Gasteiger charge is 2.42. The van der Waals surface area contributed by atoms with E-state index in [1.807, 2.05) is 6.92 Å². The number of rotatable bonds is 5. The molecule has 1 unspecified atom stereocenters. The van der Waals surface area contributed by atoms with Crippen LogP contribution in [0.5, 0.6) is 0 Å². The van der Waals surface area contributed by atoms with Crippen LogP contribution in [0, 0.1) is 5.41 Å². The second kappa shape index (κ2) is 3.68. The van der Waals surface area contributed by atoms with E-state index < -0.39 is 10.8 Å². The molecular formula is C8H17NOS. The Morgan fingerprint density at radius 2 is 2.18 bits per heavy atom. The van der Waals surface area contributed by atoms with Gasteiger partial charge in [-0.3, -0.25) is 4.21 Å². The van der Waals surface area contributed by atoms with Crippen LogP contribution >= 0.6 is 0 Å². The van der Waals surface area contributed by atoms with E-state index in [1.54, 1.807) is 0 Å². The Hall–Kier alpha value is 0.110. The van der Waals surface area contributed by atoms with Crippen LogP contribution in [0.25, 0.3) is 0 Å². The lowest BCUT2D eigenvalue weighted by Gasteiger charge is -2.11. The summed E-state index contributed by atoms with van der Waals surface area (Å²) in [6.45, 7) is 2.73. The Kier molecular flexibility index (Phi) is 3.07. The molecule has 0 bridgehead atoms. The van der Waals surface area contributed by atoms with Gasteiger partial charge < -0.3 is 5.73 Å². The van der Waals surface area contributed by atoms with Crippen LogP contribution in [0.1, 0.15) is 26.2 Å². The molecule has 3 heteroatoms. The van der Waals surface area contributed by atoms with Crippen molar-refractivity contribution in [2.75, 3.05) is 18.1 Å². The van der Waals surface area contributed by atoms with Crippen LogP contribution in [-0.2, 0) is 10.8 Å². The second-order valence-electron chi connectivity index (χ2n) is 3.41. The molecule has 0 amide bonds. The number of nitrogens with two attached hydrogens (primary N) is 1. The predicted molar refractivity (Wildman–Crippen MR) is 48.9 cm³/mol. The van der Waals surface area contributed by atoms with Crippen molar-refractivity contribution < 1.29 is 4.21 Å². The normalized spacial score (nSPS) is 23.1. The minimum Gasteiger partial charge on any atom is -0.330 e. The zero-order chi connectivity index (χ0) is 8.32. The molecule has 0 heterocycles. The van der Waals surface area contributed by atoms with Gasteiger partial charge in [0.15, 0.2) is 0 Å². The molecule has 0 aliphatic heterocycles. The van der Waals surface area contributed by atoms with Gasteiger partial charge in [-0.05, 0) is 31.2 Å². The molecule has 1 saturated carbocycles. The molecule has 0 radical (unpaired) electrons. The molecule has 2 N–H and O–H groups in total. The highest BCUT2D eigenvalue weighted by molar-refractivity contribution is 7.84. The first kappa shape index (κ1) is 9.20. The van der Waals surface area contributed by atoms with Crippen LogP contribution < -0.4 is 5.73 Å². The van der Waals surface area contributed by atoms with Gasteiger partial charge in [-0.15, -0.1) is 0 Å². The van der Waals surface area contributed by atoms with Gasteiger partial charge in [-0.1, -0.05) is 6.92 Å². The zero-order valence-electron chi connectivity index (χ0n) is 7.14. The molecule has 1 aliphatic rings. The summed E-state index contributed by atoms with van der Waals surface area (Å²) in [6.07, 6.45) is 3.56. The summed E-state index contributed by atoms with van der Waals surface area (Å²) >= 11 is 0. The lowest BCUT2D eigenvalue weighted by molar-refractivity contribution is 0.529. The third-order valence-electron chi connectivity index (χ3n) is 2.42. The molecule has 1 aliphatic carbocycles. The maximum absolute atomic E-state index is 11.2. The fourth-order valence-electron chi connectivity index (χ4n) is 1.39. The average molecular weight is 175 g/mol. The van der Waals surface area contributed by atoms with Crippen molar-refractivity contribution in [1.82, 2.24) is 0 Å². The summed E-state index contributed by atoms with van der Waals surface area (Å²) in [4.78, 5) is 0. The van der Waals surface area contributed by atoms with Gasteiger partial charge in [0.25, 0.3) is 0 Å². The second-order valence-corrected chi connectivity index (χ2v) is 5.16. The quantitative estimate of drug-likeness (QED) is 0.674. The van der Waals surface area contributed by atoms with E-state index >= 15 is 0 Å². The molecule has 11 heavy (non-hydrogen) atoms. The Balaban J connectivity index is 2.29. The van der Waals surface area contributed by atoms with Crippen molar-refractivity contribution in [2.24, 2.45) is 11.1 Å². The van der Waals surface area contributed by atoms with Gasteiger partial charge in [0.2, 0.25) is 0 Å². The highest BCUT2D eigenvalue weighted by Crippen LogP contribution is 2.48. The van der Waals surface area contributed by atoms with E-state index in [9.17, 15) is 4.21 Å². The molecule has 0 spiro atoms. The maximum Gasteiger partial charge on any atom is 0.0291 e. The van der Waals surface area contributed by atoms with Gasteiger partial charge >= 0.3 is 0 Å². The fraction of sp³-hybridized carbons (Fsp3) is 1.00. The molecule has 66 valence electrons. The lowest BCUT2D eigenvalue weighted by Crippen LogP contribution is -2.17. The Labute approximate surface area is 71.0 Å². The Morgan fingerprint density at radius 1 is 1.55 bits per heavy atom. The first-order valence-electron chi connectivity index (χ1n) is 4.27. The van der Waals surface area contributed by atoms with Crippen molar-refractivity contribution in [3.05, 3.63) is 0 Å². The number of hydrogen-bond donors (Lipinski definition) is 1. The first-order valence-corrected chi connectivity index (χ1v) is 5.76. The molecule has 1 fully saturated rings. The van der Waals surface area contributed by atoms with E-state index in [0.717, 1.165) is 24.5 Å². The lowest BCUT2D eigenvalue weighted by atomic mass is 10.1. The van der Waals surface area contributed by atoms with Gasteiger partial charge in [0.05, 0.1) is 0 Å². The maximum atomic E-state index is 11.2. The fourth-order valence-corrected chi connectivity index (χ4v) is 2.71. The summed E-state index contributed by atoms with van der Waals surface area (Å²) in [5, 5.41) is 0. The smallest absolute Gasteiger partial charge is 0.0291 e. The van der Waals surface area contributed by atoms with Crippen molar-refractivity contribution in [3.8, 4) is 0 Å². The van der Waals surface area contributed by atoms with Crippen molar-refractivity contribution in [3.63, 3.8) is 0 Å². The van der Waals surface area contributed by atoms with Crippen LogP contribution in [0.4, 0.5) is 0 Å². The molecule has 1 atom stereocenters. The largest absolute Gasteiger partial charge is 0.330 e. The van der Waals surface area contributed by atoms with E-state index in [0.29, 0.717) is 5.41 Å². The summed E-state index contributed by atoms with van der Waals surface area (Å²) < 4.78 is 11.2. The highest BCUT2D eigenvalue weighted by atomic mass is 32.2. The standard InChI is InChI=1S/C8H17NOS/c1-2-11(10)7-8(3-4-8)5-6-9/h2-7,9H2,1H3. The average Bonchev–Trinajstić information content (AvgIpc) is 2.70. The van der Waals surface area contributed by atoms with Crippen LogP contribution in [0.3, 0.4) is 0 Å². The van der Waals surface area contributed by atoms with E-state index in [2.05, 4.69) is 0 Å². The SMILES string of the molecule is CCS(=O)CC1(CCN)CC1. The topological polar surface area (TPSA) is 43.1 Å². The van der Waals surface area contributed by atoms with Crippen LogP contribution in [0.15, 0.2) is 0 Å². The molecule has 0 aromatic rings. The van der Waals surface area contributed by atoms with Crippen LogP contribution in [-0.4, -0.2) is 22.3 Å². The zero-order valence-corrected chi connectivity index (χ0v) is 7.95. The van der Waals surface area contributed by atoms with Gasteiger partial charge in [-0.25, -0.2) is 0 Å². The van der Waals surface area contributed by atoms with E-state index in [1.165, 1.54) is 12.8 Å². The summed E-state index contributed by atoms with van der Waals surface area (Å²) in [5.41, 5.74) is 5.87. The van der Waals surface area contributed by atoms with E-state index in [-0.39, 0.29) is 0 Å². The molecule has 0 aromatic carbocycles. The molecule has 2 nitrogen and oxygen atoms in total.